The summed E-state index contributed by atoms with van der Waals surface area (Å²) in [6.45, 7) is 0.473. The minimum absolute atomic E-state index is 0.0613. The number of nitro benzene ring substituents is 1. The molecule has 2 aliphatic rings. The van der Waals surface area contributed by atoms with Crippen molar-refractivity contribution in [1.82, 2.24) is 20.1 Å². The Bertz CT molecular complexity index is 953. The van der Waals surface area contributed by atoms with Gasteiger partial charge in [-0.1, -0.05) is 24.6 Å². The number of carbonyl (C=O) groups is 1. The highest BCUT2D eigenvalue weighted by Crippen LogP contribution is 2.34. The van der Waals surface area contributed by atoms with Crippen LogP contribution in [0.25, 0.3) is 0 Å². The maximum Gasteiger partial charge on any atom is 0.293 e. The predicted molar refractivity (Wildman–Crippen MR) is 120 cm³/mol. The molecule has 2 aliphatic carbocycles. The SMILES string of the molecule is CSc1nnc(CCCNC(=O)c2ccc(NC3CC3)c([N+](=O)[O-])c2)n1C1CCCC1. The number of nitrogens with zero attached hydrogens (tertiary/aromatic N) is 4. The van der Waals surface area contributed by atoms with E-state index >= 15 is 0 Å². The lowest BCUT2D eigenvalue weighted by atomic mass is 10.1. The number of amides is 1. The van der Waals surface area contributed by atoms with Crippen LogP contribution in [0.5, 0.6) is 0 Å². The van der Waals surface area contributed by atoms with Crippen LogP contribution in [0.3, 0.4) is 0 Å². The molecule has 0 radical (unpaired) electrons. The first-order valence-corrected chi connectivity index (χ1v) is 12.1. The first kappa shape index (κ1) is 21.6. The van der Waals surface area contributed by atoms with E-state index in [1.165, 1.54) is 31.7 Å². The van der Waals surface area contributed by atoms with Crippen molar-refractivity contribution in [3.05, 3.63) is 39.7 Å². The Morgan fingerprint density at radius 3 is 2.71 bits per heavy atom. The first-order chi connectivity index (χ1) is 15.1. The second-order valence-electron chi connectivity index (χ2n) is 8.18. The molecule has 2 saturated carbocycles. The van der Waals surface area contributed by atoms with Gasteiger partial charge in [-0.2, -0.15) is 0 Å². The van der Waals surface area contributed by atoms with Gasteiger partial charge in [0.15, 0.2) is 5.16 Å². The Morgan fingerprint density at radius 1 is 1.26 bits per heavy atom. The molecule has 4 rings (SSSR count). The molecule has 2 aromatic rings. The Balaban J connectivity index is 1.33. The Kier molecular flexibility index (Phi) is 6.74. The second kappa shape index (κ2) is 9.67. The predicted octanol–water partition coefficient (Wildman–Crippen LogP) is 3.96. The number of hydrogen-bond donors (Lipinski definition) is 2. The van der Waals surface area contributed by atoms with Gasteiger partial charge in [-0.3, -0.25) is 14.9 Å². The van der Waals surface area contributed by atoms with Crippen LogP contribution in [0, 0.1) is 10.1 Å². The molecule has 2 fully saturated rings. The van der Waals surface area contributed by atoms with Crippen molar-refractivity contribution in [1.29, 1.82) is 0 Å². The van der Waals surface area contributed by atoms with Gasteiger partial charge in [0.05, 0.1) is 4.92 Å². The van der Waals surface area contributed by atoms with Crippen LogP contribution in [-0.4, -0.2) is 44.4 Å². The molecule has 166 valence electrons. The fraction of sp³-hybridized carbons (Fsp3) is 0.571. The molecule has 0 unspecified atom stereocenters. The van der Waals surface area contributed by atoms with E-state index < -0.39 is 4.92 Å². The molecule has 9 nitrogen and oxygen atoms in total. The molecule has 0 aliphatic heterocycles. The van der Waals surface area contributed by atoms with Crippen molar-refractivity contribution in [3.63, 3.8) is 0 Å². The van der Waals surface area contributed by atoms with Crippen molar-refractivity contribution >= 4 is 29.0 Å². The van der Waals surface area contributed by atoms with Crippen LogP contribution in [0.1, 0.15) is 67.2 Å². The average Bonchev–Trinajstić information content (AvgIpc) is 3.25. The minimum atomic E-state index is -0.444. The van der Waals surface area contributed by atoms with Crippen LogP contribution in [0.2, 0.25) is 0 Å². The molecule has 2 N–H and O–H groups in total. The van der Waals surface area contributed by atoms with Crippen molar-refractivity contribution in [2.75, 3.05) is 18.1 Å². The number of aryl methyl sites for hydroxylation is 1. The average molecular weight is 445 g/mol. The zero-order valence-electron chi connectivity index (χ0n) is 17.7. The molecule has 1 amide bonds. The molecular formula is C21H28N6O3S. The summed E-state index contributed by atoms with van der Waals surface area (Å²) >= 11 is 1.62. The number of carbonyl (C=O) groups excluding carboxylic acids is 1. The zero-order chi connectivity index (χ0) is 21.8. The van der Waals surface area contributed by atoms with Gasteiger partial charge in [0.25, 0.3) is 11.6 Å². The highest BCUT2D eigenvalue weighted by molar-refractivity contribution is 7.98. The van der Waals surface area contributed by atoms with Gasteiger partial charge in [0, 0.05) is 36.7 Å². The van der Waals surface area contributed by atoms with Crippen molar-refractivity contribution in [2.24, 2.45) is 0 Å². The number of rotatable bonds is 10. The fourth-order valence-electron chi connectivity index (χ4n) is 4.09. The first-order valence-electron chi connectivity index (χ1n) is 10.9. The van der Waals surface area contributed by atoms with E-state index in [9.17, 15) is 14.9 Å². The summed E-state index contributed by atoms with van der Waals surface area (Å²) in [6, 6.07) is 5.39. The number of anilines is 1. The highest BCUT2D eigenvalue weighted by atomic mass is 32.2. The lowest BCUT2D eigenvalue weighted by Crippen LogP contribution is -2.25. The molecular weight excluding hydrogens is 416 g/mol. The van der Waals surface area contributed by atoms with E-state index in [1.54, 1.807) is 23.9 Å². The largest absolute Gasteiger partial charge is 0.377 e. The second-order valence-corrected chi connectivity index (χ2v) is 8.95. The quantitative estimate of drug-likeness (QED) is 0.247. The Labute approximate surface area is 185 Å². The van der Waals surface area contributed by atoms with Gasteiger partial charge in [0.1, 0.15) is 11.5 Å². The van der Waals surface area contributed by atoms with Crippen LogP contribution in [-0.2, 0) is 6.42 Å². The maximum atomic E-state index is 12.5. The standard InChI is InChI=1S/C21H28N6O3S/c1-31-21-25-24-19(26(21)16-5-2-3-6-16)7-4-12-22-20(28)14-8-11-17(23-15-9-10-15)18(13-14)27(29)30/h8,11,13,15-16,23H,2-7,9-10,12H2,1H3,(H,22,28). The summed E-state index contributed by atoms with van der Waals surface area (Å²) in [6.07, 6.45) is 10.3. The summed E-state index contributed by atoms with van der Waals surface area (Å²) in [4.78, 5) is 23.5. The van der Waals surface area contributed by atoms with Gasteiger partial charge in [-0.15, -0.1) is 10.2 Å². The van der Waals surface area contributed by atoms with Crippen molar-refractivity contribution in [3.8, 4) is 0 Å². The molecule has 31 heavy (non-hydrogen) atoms. The summed E-state index contributed by atoms with van der Waals surface area (Å²) in [5.74, 6) is 0.666. The zero-order valence-corrected chi connectivity index (χ0v) is 18.5. The maximum absolute atomic E-state index is 12.5. The van der Waals surface area contributed by atoms with Crippen molar-refractivity contribution in [2.45, 2.75) is 68.6 Å². The number of nitrogens with one attached hydrogen (secondary N) is 2. The fourth-order valence-corrected chi connectivity index (χ4v) is 4.66. The van der Waals surface area contributed by atoms with E-state index in [0.29, 0.717) is 29.9 Å². The van der Waals surface area contributed by atoms with Crippen LogP contribution < -0.4 is 10.6 Å². The normalized spacial score (nSPS) is 16.4. The molecule has 0 saturated heterocycles. The molecule has 1 aromatic heterocycles. The number of thioether (sulfide) groups is 1. The summed E-state index contributed by atoms with van der Waals surface area (Å²) in [5.41, 5.74) is 0.709. The lowest BCUT2D eigenvalue weighted by molar-refractivity contribution is -0.384. The third-order valence-corrected chi connectivity index (χ3v) is 6.51. The van der Waals surface area contributed by atoms with Crippen LogP contribution in [0.4, 0.5) is 11.4 Å². The third kappa shape index (κ3) is 5.17. The Morgan fingerprint density at radius 2 is 2.03 bits per heavy atom. The number of nitro groups is 1. The van der Waals surface area contributed by atoms with Crippen LogP contribution >= 0.6 is 11.8 Å². The van der Waals surface area contributed by atoms with Gasteiger partial charge < -0.3 is 15.2 Å². The Hall–Kier alpha value is -2.62. The molecule has 1 aromatic carbocycles. The smallest absolute Gasteiger partial charge is 0.293 e. The van der Waals surface area contributed by atoms with E-state index in [-0.39, 0.29) is 11.6 Å². The number of benzene rings is 1. The van der Waals surface area contributed by atoms with E-state index in [2.05, 4.69) is 25.4 Å². The molecule has 0 bridgehead atoms. The lowest BCUT2D eigenvalue weighted by Gasteiger charge is -2.16. The third-order valence-electron chi connectivity index (χ3n) is 5.86. The van der Waals surface area contributed by atoms with Gasteiger partial charge >= 0.3 is 0 Å². The number of aromatic nitrogens is 3. The van der Waals surface area contributed by atoms with Crippen LogP contribution in [0.15, 0.2) is 23.4 Å². The summed E-state index contributed by atoms with van der Waals surface area (Å²) < 4.78 is 2.27. The molecule has 0 atom stereocenters. The topological polar surface area (TPSA) is 115 Å². The van der Waals surface area contributed by atoms with Gasteiger partial charge in [-0.05, 0) is 50.5 Å². The monoisotopic (exact) mass is 444 g/mol. The van der Waals surface area contributed by atoms with E-state index in [4.69, 9.17) is 0 Å². The van der Waals surface area contributed by atoms with Gasteiger partial charge in [-0.25, -0.2) is 0 Å². The van der Waals surface area contributed by atoms with Crippen molar-refractivity contribution < 1.29 is 9.72 Å². The van der Waals surface area contributed by atoms with E-state index in [0.717, 1.165) is 36.7 Å². The molecule has 0 spiro atoms. The summed E-state index contributed by atoms with van der Waals surface area (Å²) in [5, 5.41) is 27.1. The highest BCUT2D eigenvalue weighted by Gasteiger charge is 2.26. The minimum Gasteiger partial charge on any atom is -0.377 e. The molecule has 10 heteroatoms. The molecule has 1 heterocycles. The summed E-state index contributed by atoms with van der Waals surface area (Å²) in [7, 11) is 0. The van der Waals surface area contributed by atoms with Gasteiger partial charge in [0.2, 0.25) is 0 Å². The van der Waals surface area contributed by atoms with E-state index in [1.807, 2.05) is 6.26 Å². The number of hydrogen-bond acceptors (Lipinski definition) is 7.